The van der Waals surface area contributed by atoms with E-state index in [9.17, 15) is 18.0 Å². The topological polar surface area (TPSA) is 42.4 Å². The van der Waals surface area contributed by atoms with Crippen LogP contribution in [0.5, 0.6) is 0 Å². The van der Waals surface area contributed by atoms with Gasteiger partial charge < -0.3 is 0 Å². The summed E-state index contributed by atoms with van der Waals surface area (Å²) in [6.45, 7) is 0. The SMILES string of the molecule is CON(C)C(=O)C(F)(F)c1ccc(-c2ccc(F)cn2)cc1. The fraction of sp³-hybridized carbons (Fsp3) is 0.200. The maximum atomic E-state index is 14.0. The molecule has 22 heavy (non-hydrogen) atoms. The average molecular weight is 310 g/mol. The standard InChI is InChI=1S/C15H13F3N2O2/c1-20(22-2)14(21)15(17,18)11-5-3-10(4-6-11)13-8-7-12(16)9-19-13/h3-9H,1-2H3. The number of amides is 1. The van der Waals surface area contributed by atoms with Crippen molar-refractivity contribution in [2.75, 3.05) is 14.2 Å². The van der Waals surface area contributed by atoms with Gasteiger partial charge in [-0.15, -0.1) is 0 Å². The van der Waals surface area contributed by atoms with Crippen LogP contribution in [0.3, 0.4) is 0 Å². The molecule has 0 saturated carbocycles. The molecule has 0 fully saturated rings. The van der Waals surface area contributed by atoms with Crippen LogP contribution in [0.1, 0.15) is 5.56 Å². The van der Waals surface area contributed by atoms with Crippen molar-refractivity contribution in [3.05, 3.63) is 54.0 Å². The number of alkyl halides is 2. The normalized spacial score (nSPS) is 11.3. The molecule has 0 atom stereocenters. The molecule has 2 aromatic rings. The number of carbonyl (C=O) groups is 1. The van der Waals surface area contributed by atoms with Gasteiger partial charge in [0.2, 0.25) is 0 Å². The van der Waals surface area contributed by atoms with Gasteiger partial charge in [0.15, 0.2) is 0 Å². The summed E-state index contributed by atoms with van der Waals surface area (Å²) >= 11 is 0. The van der Waals surface area contributed by atoms with Gasteiger partial charge >= 0.3 is 11.8 Å². The number of hydrogen-bond donors (Lipinski definition) is 0. The van der Waals surface area contributed by atoms with Crippen molar-refractivity contribution in [2.45, 2.75) is 5.92 Å². The number of likely N-dealkylation sites (N-methyl/N-ethyl adjacent to an activating group) is 1. The van der Waals surface area contributed by atoms with Crippen molar-refractivity contribution < 1.29 is 22.8 Å². The van der Waals surface area contributed by atoms with Crippen LogP contribution in [0.4, 0.5) is 13.2 Å². The molecule has 1 heterocycles. The summed E-state index contributed by atoms with van der Waals surface area (Å²) in [5.41, 5.74) is 0.510. The molecule has 2 rings (SSSR count). The lowest BCUT2D eigenvalue weighted by Gasteiger charge is -2.21. The van der Waals surface area contributed by atoms with E-state index in [2.05, 4.69) is 9.82 Å². The number of rotatable bonds is 4. The van der Waals surface area contributed by atoms with E-state index in [-0.39, 0.29) is 0 Å². The predicted molar refractivity (Wildman–Crippen MR) is 73.3 cm³/mol. The molecule has 1 amide bonds. The minimum Gasteiger partial charge on any atom is -0.274 e. The first kappa shape index (κ1) is 16.0. The van der Waals surface area contributed by atoms with Crippen LogP contribution in [-0.4, -0.2) is 30.1 Å². The first-order valence-corrected chi connectivity index (χ1v) is 6.29. The molecule has 1 aromatic carbocycles. The van der Waals surface area contributed by atoms with Crippen LogP contribution in [0.25, 0.3) is 11.3 Å². The van der Waals surface area contributed by atoms with Crippen molar-refractivity contribution in [3.63, 3.8) is 0 Å². The van der Waals surface area contributed by atoms with Crippen molar-refractivity contribution in [2.24, 2.45) is 0 Å². The van der Waals surface area contributed by atoms with Gasteiger partial charge in [0.25, 0.3) is 0 Å². The first-order valence-electron chi connectivity index (χ1n) is 6.29. The third-order valence-corrected chi connectivity index (χ3v) is 3.10. The second-order valence-electron chi connectivity index (χ2n) is 4.50. The summed E-state index contributed by atoms with van der Waals surface area (Å²) in [7, 11) is 2.23. The van der Waals surface area contributed by atoms with Gasteiger partial charge in [0.1, 0.15) is 5.82 Å². The number of carbonyl (C=O) groups excluding carboxylic acids is 1. The minimum atomic E-state index is -3.71. The van der Waals surface area contributed by atoms with Gasteiger partial charge in [-0.1, -0.05) is 24.3 Å². The zero-order valence-corrected chi connectivity index (χ0v) is 11.9. The Balaban J connectivity index is 2.28. The van der Waals surface area contributed by atoms with Crippen molar-refractivity contribution in [1.82, 2.24) is 10.0 Å². The minimum absolute atomic E-state index is 0.441. The lowest BCUT2D eigenvalue weighted by Crippen LogP contribution is -2.38. The Morgan fingerprint density at radius 3 is 2.32 bits per heavy atom. The van der Waals surface area contributed by atoms with Gasteiger partial charge in [0.05, 0.1) is 19.0 Å². The lowest BCUT2D eigenvalue weighted by molar-refractivity contribution is -0.195. The second-order valence-corrected chi connectivity index (χ2v) is 4.50. The Labute approximate surface area is 125 Å². The molecule has 0 spiro atoms. The lowest BCUT2D eigenvalue weighted by atomic mass is 10.0. The number of hydrogen-bond acceptors (Lipinski definition) is 3. The number of halogens is 3. The molecule has 0 aliphatic heterocycles. The largest absolute Gasteiger partial charge is 0.352 e. The highest BCUT2D eigenvalue weighted by Gasteiger charge is 2.43. The van der Waals surface area contributed by atoms with Crippen LogP contribution < -0.4 is 0 Å². The van der Waals surface area contributed by atoms with Crippen LogP contribution >= 0.6 is 0 Å². The summed E-state index contributed by atoms with van der Waals surface area (Å²) in [4.78, 5) is 19.9. The van der Waals surface area contributed by atoms with Gasteiger partial charge in [0, 0.05) is 18.2 Å². The number of hydroxylamine groups is 2. The molecule has 116 valence electrons. The molecule has 0 bridgehead atoms. The van der Waals surface area contributed by atoms with Gasteiger partial charge in [-0.25, -0.2) is 9.45 Å². The van der Waals surface area contributed by atoms with Crippen LogP contribution in [0.15, 0.2) is 42.6 Å². The summed E-state index contributed by atoms with van der Waals surface area (Å²) in [5, 5.41) is 0.468. The number of pyridine rings is 1. The summed E-state index contributed by atoms with van der Waals surface area (Å²) in [6, 6.07) is 7.70. The summed E-state index contributed by atoms with van der Waals surface area (Å²) < 4.78 is 40.9. The Bertz CT molecular complexity index is 657. The maximum Gasteiger partial charge on any atom is 0.352 e. The molecule has 0 N–H and O–H groups in total. The van der Waals surface area contributed by atoms with Crippen molar-refractivity contribution in [1.29, 1.82) is 0 Å². The molecule has 4 nitrogen and oxygen atoms in total. The van der Waals surface area contributed by atoms with Gasteiger partial charge in [-0.05, 0) is 12.1 Å². The molecule has 0 aliphatic rings. The third kappa shape index (κ3) is 3.09. The summed E-state index contributed by atoms with van der Waals surface area (Å²) in [5.74, 6) is -5.66. The molecule has 0 aliphatic carbocycles. The quantitative estimate of drug-likeness (QED) is 0.815. The van der Waals surface area contributed by atoms with E-state index in [4.69, 9.17) is 0 Å². The maximum absolute atomic E-state index is 14.0. The van der Waals surface area contributed by atoms with E-state index < -0.39 is 23.2 Å². The van der Waals surface area contributed by atoms with E-state index in [0.29, 0.717) is 16.3 Å². The zero-order valence-electron chi connectivity index (χ0n) is 11.9. The monoisotopic (exact) mass is 310 g/mol. The van der Waals surface area contributed by atoms with Crippen molar-refractivity contribution in [3.8, 4) is 11.3 Å². The van der Waals surface area contributed by atoms with Gasteiger partial charge in [-0.2, -0.15) is 8.78 Å². The fourth-order valence-electron chi connectivity index (χ4n) is 1.80. The average Bonchev–Trinajstić information content (AvgIpc) is 2.54. The Kier molecular flexibility index (Phi) is 4.46. The van der Waals surface area contributed by atoms with E-state index in [1.165, 1.54) is 24.3 Å². The Morgan fingerprint density at radius 2 is 1.82 bits per heavy atom. The molecular formula is C15H13F3N2O2. The van der Waals surface area contributed by atoms with Crippen LogP contribution in [0, 0.1) is 5.82 Å². The van der Waals surface area contributed by atoms with E-state index >= 15 is 0 Å². The molecule has 0 saturated heterocycles. The third-order valence-electron chi connectivity index (χ3n) is 3.10. The highest BCUT2D eigenvalue weighted by molar-refractivity contribution is 5.84. The Hall–Kier alpha value is -2.41. The predicted octanol–water partition coefficient (Wildman–Crippen LogP) is 3.00. The highest BCUT2D eigenvalue weighted by Crippen LogP contribution is 2.31. The number of aromatic nitrogens is 1. The van der Waals surface area contributed by atoms with Crippen LogP contribution in [-0.2, 0) is 15.6 Å². The van der Waals surface area contributed by atoms with Gasteiger partial charge in [-0.3, -0.25) is 14.6 Å². The van der Waals surface area contributed by atoms with Crippen molar-refractivity contribution >= 4 is 5.91 Å². The van der Waals surface area contributed by atoms with E-state index in [1.807, 2.05) is 0 Å². The highest BCUT2D eigenvalue weighted by atomic mass is 19.3. The fourth-order valence-corrected chi connectivity index (χ4v) is 1.80. The second kappa shape index (κ2) is 6.15. The molecule has 1 aromatic heterocycles. The smallest absolute Gasteiger partial charge is 0.274 e. The number of nitrogens with zero attached hydrogens (tertiary/aromatic N) is 2. The number of benzene rings is 1. The van der Waals surface area contributed by atoms with Crippen LogP contribution in [0.2, 0.25) is 0 Å². The first-order chi connectivity index (χ1) is 10.4. The zero-order chi connectivity index (χ0) is 16.3. The summed E-state index contributed by atoms with van der Waals surface area (Å²) in [6.07, 6.45) is 1.04. The molecular weight excluding hydrogens is 297 g/mol. The van der Waals surface area contributed by atoms with E-state index in [1.54, 1.807) is 0 Å². The Morgan fingerprint density at radius 1 is 1.18 bits per heavy atom. The molecule has 7 heteroatoms. The van der Waals surface area contributed by atoms with E-state index in [0.717, 1.165) is 32.5 Å². The molecule has 0 unspecified atom stereocenters. The molecule has 0 radical (unpaired) electrons.